The van der Waals surface area contributed by atoms with Crippen LogP contribution >= 0.6 is 0 Å². The van der Waals surface area contributed by atoms with Gasteiger partial charge in [-0.25, -0.2) is 4.79 Å². The minimum absolute atomic E-state index is 0.308. The third kappa shape index (κ3) is 3.94. The Morgan fingerprint density at radius 3 is 2.48 bits per heavy atom. The number of fused-ring (bicyclic) bond motifs is 1. The van der Waals surface area contributed by atoms with Crippen LogP contribution in [0.4, 0.5) is 0 Å². The fourth-order valence-corrected chi connectivity index (χ4v) is 3.35. The monoisotopic (exact) mass is 372 g/mol. The van der Waals surface area contributed by atoms with Gasteiger partial charge in [0.05, 0.1) is 12.7 Å². The Kier molecular flexibility index (Phi) is 4.93. The number of amides is 1. The number of hydrogen-bond donors (Lipinski definition) is 1. The van der Waals surface area contributed by atoms with Crippen molar-refractivity contribution in [3.63, 3.8) is 0 Å². The van der Waals surface area contributed by atoms with E-state index in [1.54, 1.807) is 14.0 Å². The lowest BCUT2D eigenvalue weighted by Crippen LogP contribution is -2.46. The third-order valence-corrected chi connectivity index (χ3v) is 4.72. The summed E-state index contributed by atoms with van der Waals surface area (Å²) in [5.41, 5.74) is 1.98. The van der Waals surface area contributed by atoms with E-state index in [1.165, 1.54) is 0 Å². The number of carbonyl (C=O) groups excluding carboxylic acids is 2. The zero-order valence-corrected chi connectivity index (χ0v) is 16.9. The summed E-state index contributed by atoms with van der Waals surface area (Å²) in [5.74, 6) is -0.109. The van der Waals surface area contributed by atoms with E-state index in [9.17, 15) is 9.59 Å². The van der Waals surface area contributed by atoms with Gasteiger partial charge in [-0.1, -0.05) is 0 Å². The van der Waals surface area contributed by atoms with E-state index >= 15 is 0 Å². The van der Waals surface area contributed by atoms with Crippen molar-refractivity contribution >= 4 is 22.8 Å². The van der Waals surface area contributed by atoms with Crippen LogP contribution in [0.5, 0.6) is 5.75 Å². The number of hydrogen-bond acceptors (Lipinski definition) is 4. The number of methoxy groups -OCH3 is 1. The second-order valence-electron chi connectivity index (χ2n) is 8.23. The molecule has 3 rings (SSSR count). The zero-order chi connectivity index (χ0) is 19.9. The molecule has 27 heavy (non-hydrogen) atoms. The van der Waals surface area contributed by atoms with Gasteiger partial charge in [0.1, 0.15) is 5.75 Å². The minimum atomic E-state index is -0.874. The topological polar surface area (TPSA) is 69.6 Å². The van der Waals surface area contributed by atoms with Crippen molar-refractivity contribution in [2.45, 2.75) is 65.1 Å². The first-order valence-electron chi connectivity index (χ1n) is 9.34. The Labute approximate surface area is 159 Å². The lowest BCUT2D eigenvalue weighted by Gasteiger charge is -2.23. The highest BCUT2D eigenvalue weighted by Gasteiger charge is 2.32. The predicted molar refractivity (Wildman–Crippen MR) is 104 cm³/mol. The summed E-state index contributed by atoms with van der Waals surface area (Å²) in [5, 5.41) is 3.64. The molecule has 1 amide bonds. The summed E-state index contributed by atoms with van der Waals surface area (Å²) in [6.45, 7) is 9.19. The molecular formula is C21H28N2O4. The molecule has 1 atom stereocenters. The fraction of sp³-hybridized carbons (Fsp3) is 0.524. The molecule has 0 unspecified atom stereocenters. The van der Waals surface area contributed by atoms with Crippen LogP contribution in [0.3, 0.4) is 0 Å². The van der Waals surface area contributed by atoms with Crippen LogP contribution in [-0.2, 0) is 9.53 Å². The molecular weight excluding hydrogens is 344 g/mol. The number of esters is 1. The van der Waals surface area contributed by atoms with Crippen molar-refractivity contribution < 1.29 is 19.1 Å². The third-order valence-electron chi connectivity index (χ3n) is 4.72. The molecule has 6 nitrogen and oxygen atoms in total. The van der Waals surface area contributed by atoms with Gasteiger partial charge in [-0.2, -0.15) is 0 Å². The summed E-state index contributed by atoms with van der Waals surface area (Å²) in [7, 11) is 1.60. The Morgan fingerprint density at radius 1 is 1.26 bits per heavy atom. The summed E-state index contributed by atoms with van der Waals surface area (Å²) in [6, 6.07) is 6.16. The van der Waals surface area contributed by atoms with Gasteiger partial charge in [-0.15, -0.1) is 0 Å². The first-order chi connectivity index (χ1) is 12.6. The molecule has 0 radical (unpaired) electrons. The molecule has 146 valence electrons. The lowest BCUT2D eigenvalue weighted by atomic mass is 10.1. The van der Waals surface area contributed by atoms with Gasteiger partial charge < -0.3 is 19.4 Å². The number of carbonyl (C=O) groups is 2. The van der Waals surface area contributed by atoms with Gasteiger partial charge in [0.15, 0.2) is 6.10 Å². The number of nitrogens with zero attached hydrogens (tertiary/aromatic N) is 1. The summed E-state index contributed by atoms with van der Waals surface area (Å²) in [6.07, 6.45) is 1.34. The highest BCUT2D eigenvalue weighted by molar-refractivity contribution is 6.07. The van der Waals surface area contributed by atoms with Crippen molar-refractivity contribution in [2.75, 3.05) is 7.11 Å². The smallest absolute Gasteiger partial charge is 0.341 e. The highest BCUT2D eigenvalue weighted by atomic mass is 16.5. The first kappa shape index (κ1) is 19.3. The van der Waals surface area contributed by atoms with Crippen molar-refractivity contribution in [3.05, 3.63) is 29.5 Å². The maximum atomic E-state index is 13.0. The SMILES string of the molecule is COc1ccc2c(c1)c(C(=O)O[C@@H](C)C(=O)NC(C)(C)C)c(C)n2C1CC1. The number of ether oxygens (including phenoxy) is 2. The average molecular weight is 372 g/mol. The maximum Gasteiger partial charge on any atom is 0.341 e. The van der Waals surface area contributed by atoms with E-state index in [-0.39, 0.29) is 11.4 Å². The van der Waals surface area contributed by atoms with Crippen LogP contribution in [0.25, 0.3) is 10.9 Å². The molecule has 1 aliphatic carbocycles. The molecule has 1 aromatic carbocycles. The van der Waals surface area contributed by atoms with Gasteiger partial charge in [0.2, 0.25) is 0 Å². The Hall–Kier alpha value is -2.50. The van der Waals surface area contributed by atoms with Crippen LogP contribution in [0.2, 0.25) is 0 Å². The fourth-order valence-electron chi connectivity index (χ4n) is 3.35. The molecule has 2 aromatic rings. The molecule has 1 saturated carbocycles. The zero-order valence-electron chi connectivity index (χ0n) is 16.9. The van der Waals surface area contributed by atoms with Crippen LogP contribution in [0, 0.1) is 6.92 Å². The molecule has 6 heteroatoms. The highest BCUT2D eigenvalue weighted by Crippen LogP contribution is 2.42. The normalized spacial score (nSPS) is 15.5. The Morgan fingerprint density at radius 2 is 1.93 bits per heavy atom. The van der Waals surface area contributed by atoms with Crippen molar-refractivity contribution in [3.8, 4) is 5.75 Å². The maximum absolute atomic E-state index is 13.0. The van der Waals surface area contributed by atoms with Gasteiger partial charge >= 0.3 is 5.97 Å². The predicted octanol–water partition coefficient (Wildman–Crippen LogP) is 3.75. The largest absolute Gasteiger partial charge is 0.497 e. The van der Waals surface area contributed by atoms with Gasteiger partial charge in [0.25, 0.3) is 5.91 Å². The van der Waals surface area contributed by atoms with E-state index in [2.05, 4.69) is 9.88 Å². The van der Waals surface area contributed by atoms with Gasteiger partial charge in [-0.3, -0.25) is 4.79 Å². The van der Waals surface area contributed by atoms with E-state index in [0.29, 0.717) is 17.4 Å². The lowest BCUT2D eigenvalue weighted by molar-refractivity contribution is -0.130. The van der Waals surface area contributed by atoms with Crippen LogP contribution in [-0.4, -0.2) is 35.2 Å². The second-order valence-corrected chi connectivity index (χ2v) is 8.23. The number of rotatable bonds is 5. The number of nitrogens with one attached hydrogen (secondary N) is 1. The Bertz CT molecular complexity index is 888. The minimum Gasteiger partial charge on any atom is -0.497 e. The van der Waals surface area contributed by atoms with Crippen LogP contribution < -0.4 is 10.1 Å². The standard InChI is InChI=1S/C21H28N2O4/c1-12-18(20(25)27-13(2)19(24)22-21(3,4)5)16-11-15(26-6)9-10-17(16)23(12)14-7-8-14/h9-11,13-14H,7-8H2,1-6H3,(H,22,24)/t13-/m0/s1. The summed E-state index contributed by atoms with van der Waals surface area (Å²) < 4.78 is 13.0. The molecule has 1 aromatic heterocycles. The number of benzene rings is 1. The van der Waals surface area contributed by atoms with Crippen LogP contribution in [0.15, 0.2) is 18.2 Å². The average Bonchev–Trinajstić information content (AvgIpc) is 3.35. The first-order valence-corrected chi connectivity index (χ1v) is 9.34. The molecule has 1 aliphatic rings. The molecule has 0 bridgehead atoms. The number of aromatic nitrogens is 1. The molecule has 0 spiro atoms. The Balaban J connectivity index is 1.94. The van der Waals surface area contributed by atoms with Crippen LogP contribution in [0.1, 0.15) is 62.6 Å². The summed E-state index contributed by atoms with van der Waals surface area (Å²) >= 11 is 0. The van der Waals surface area contributed by atoms with Crippen molar-refractivity contribution in [2.24, 2.45) is 0 Å². The van der Waals surface area contributed by atoms with E-state index in [4.69, 9.17) is 9.47 Å². The van der Waals surface area contributed by atoms with E-state index in [0.717, 1.165) is 29.4 Å². The second kappa shape index (κ2) is 6.91. The molecule has 1 fully saturated rings. The molecule has 0 saturated heterocycles. The van der Waals surface area contributed by atoms with Gasteiger partial charge in [-0.05, 0) is 65.7 Å². The van der Waals surface area contributed by atoms with E-state index < -0.39 is 12.1 Å². The molecule has 0 aliphatic heterocycles. The summed E-state index contributed by atoms with van der Waals surface area (Å²) in [4.78, 5) is 25.2. The molecule has 1 heterocycles. The van der Waals surface area contributed by atoms with E-state index in [1.807, 2.05) is 45.9 Å². The van der Waals surface area contributed by atoms with Crippen molar-refractivity contribution in [1.29, 1.82) is 0 Å². The van der Waals surface area contributed by atoms with Crippen molar-refractivity contribution in [1.82, 2.24) is 9.88 Å². The quantitative estimate of drug-likeness (QED) is 0.812. The van der Waals surface area contributed by atoms with Gasteiger partial charge in [0, 0.05) is 28.2 Å². The molecule has 1 N–H and O–H groups in total.